The summed E-state index contributed by atoms with van der Waals surface area (Å²) >= 11 is 0. The maximum absolute atomic E-state index is 15.1. The number of methoxy groups -OCH3 is 1. The highest BCUT2D eigenvalue weighted by Gasteiger charge is 2.51. The van der Waals surface area contributed by atoms with Gasteiger partial charge in [-0.25, -0.2) is 18.2 Å². The van der Waals surface area contributed by atoms with Gasteiger partial charge in [-0.2, -0.15) is 0 Å². The summed E-state index contributed by atoms with van der Waals surface area (Å²) in [6.45, 7) is 2.77. The molecule has 0 spiro atoms. The predicted octanol–water partition coefficient (Wildman–Crippen LogP) is 3.91. The third kappa shape index (κ3) is 3.83. The van der Waals surface area contributed by atoms with Crippen LogP contribution < -0.4 is 15.8 Å². The monoisotopic (exact) mass is 420 g/mol. The van der Waals surface area contributed by atoms with Crippen LogP contribution in [-0.2, 0) is 5.54 Å². The summed E-state index contributed by atoms with van der Waals surface area (Å²) in [5.41, 5.74) is 2.17. The molecule has 0 fully saturated rings. The van der Waals surface area contributed by atoms with Gasteiger partial charge in [0.25, 0.3) is 5.91 Å². The summed E-state index contributed by atoms with van der Waals surface area (Å²) in [5, 5.41) is 2.60. The molecule has 1 aromatic carbocycles. The number of hydrogen-bond donors (Lipinski definition) is 2. The average molecular weight is 420 g/mol. The number of nitrogens with one attached hydrogen (secondary N) is 1. The number of halogens is 3. The van der Waals surface area contributed by atoms with Gasteiger partial charge < -0.3 is 15.8 Å². The van der Waals surface area contributed by atoms with E-state index in [9.17, 15) is 13.6 Å². The number of carbonyl (C=O) groups is 1. The van der Waals surface area contributed by atoms with E-state index in [1.165, 1.54) is 31.5 Å². The quantitative estimate of drug-likeness (QED) is 0.767. The topological polar surface area (TPSA) is 89.6 Å². The van der Waals surface area contributed by atoms with E-state index in [0.29, 0.717) is 5.75 Å². The van der Waals surface area contributed by atoms with Gasteiger partial charge in [-0.1, -0.05) is 6.92 Å². The van der Waals surface area contributed by atoms with E-state index < -0.39 is 35.5 Å². The van der Waals surface area contributed by atoms with E-state index in [2.05, 4.69) is 15.3 Å². The van der Waals surface area contributed by atoms with Crippen molar-refractivity contribution in [3.05, 3.63) is 53.6 Å². The van der Waals surface area contributed by atoms with Crippen LogP contribution in [-0.4, -0.2) is 35.7 Å². The minimum absolute atomic E-state index is 0.0549. The summed E-state index contributed by atoms with van der Waals surface area (Å²) < 4.78 is 49.2. The molecular weight excluding hydrogens is 397 g/mol. The summed E-state index contributed by atoms with van der Waals surface area (Å²) in [4.78, 5) is 20.5. The Labute approximate surface area is 172 Å². The van der Waals surface area contributed by atoms with Crippen molar-refractivity contribution in [2.45, 2.75) is 44.1 Å². The Morgan fingerprint density at radius 2 is 2.10 bits per heavy atom. The lowest BCUT2D eigenvalue weighted by Gasteiger charge is -2.40. The van der Waals surface area contributed by atoms with Crippen molar-refractivity contribution < 1.29 is 22.7 Å². The fraction of sp³-hybridized carbons (Fsp3) is 0.381. The molecule has 3 atom stereocenters. The summed E-state index contributed by atoms with van der Waals surface area (Å²) in [7, 11) is 1.48. The molecule has 2 heterocycles. The van der Waals surface area contributed by atoms with Gasteiger partial charge in [0.05, 0.1) is 13.3 Å². The highest BCUT2D eigenvalue weighted by molar-refractivity contribution is 6.03. The number of hydrogen-bond acceptors (Lipinski definition) is 5. The molecule has 1 aromatic heterocycles. The number of aromatic nitrogens is 1. The first-order valence-corrected chi connectivity index (χ1v) is 9.43. The molecule has 30 heavy (non-hydrogen) atoms. The number of pyridine rings is 1. The van der Waals surface area contributed by atoms with E-state index in [1.54, 1.807) is 13.0 Å². The standard InChI is InChI=1S/C21H23F3N4O2/c1-4-21(17(23)10-20(2,24)19(25)28-21)14-9-12(5-7-15(14)22)27-18(29)16-8-6-13(30-3)11-26-16/h5-9,11,17H,4,10H2,1-3H3,(H2,25,28)(H,27,29)/t17-,20-,21+/m0/s1. The van der Waals surface area contributed by atoms with E-state index in [-0.39, 0.29) is 29.2 Å². The van der Waals surface area contributed by atoms with Crippen LogP contribution in [0.15, 0.2) is 41.5 Å². The van der Waals surface area contributed by atoms with Crippen molar-refractivity contribution in [2.75, 3.05) is 12.4 Å². The molecule has 1 aliphatic rings. The predicted molar refractivity (Wildman–Crippen MR) is 108 cm³/mol. The molecule has 3 N–H and O–H groups in total. The minimum atomic E-state index is -2.11. The van der Waals surface area contributed by atoms with Crippen LogP contribution in [0.25, 0.3) is 0 Å². The number of nitrogens with two attached hydrogens (primary N) is 1. The summed E-state index contributed by atoms with van der Waals surface area (Å²) in [6, 6.07) is 6.78. The zero-order valence-electron chi connectivity index (χ0n) is 16.9. The Morgan fingerprint density at radius 3 is 2.70 bits per heavy atom. The lowest BCUT2D eigenvalue weighted by Crippen LogP contribution is -2.52. The first kappa shape index (κ1) is 21.6. The van der Waals surface area contributed by atoms with E-state index in [0.717, 1.165) is 13.0 Å². The molecule has 1 aliphatic heterocycles. The number of amidine groups is 1. The number of ether oxygens (including phenoxy) is 1. The van der Waals surface area contributed by atoms with Crippen LogP contribution in [0.3, 0.4) is 0 Å². The zero-order chi connectivity index (χ0) is 22.1. The van der Waals surface area contributed by atoms with Crippen molar-refractivity contribution in [3.8, 4) is 5.75 Å². The van der Waals surface area contributed by atoms with Gasteiger partial charge in [0.15, 0.2) is 5.67 Å². The van der Waals surface area contributed by atoms with Crippen LogP contribution in [0.2, 0.25) is 0 Å². The fourth-order valence-electron chi connectivity index (χ4n) is 3.50. The average Bonchev–Trinajstić information content (AvgIpc) is 2.72. The molecule has 6 nitrogen and oxygen atoms in total. The van der Waals surface area contributed by atoms with E-state index in [4.69, 9.17) is 10.5 Å². The molecule has 0 aliphatic carbocycles. The van der Waals surface area contributed by atoms with Crippen LogP contribution >= 0.6 is 0 Å². The van der Waals surface area contributed by atoms with Gasteiger partial charge in [-0.3, -0.25) is 9.79 Å². The van der Waals surface area contributed by atoms with Crippen molar-refractivity contribution in [1.29, 1.82) is 0 Å². The highest BCUT2D eigenvalue weighted by Crippen LogP contribution is 2.45. The lowest BCUT2D eigenvalue weighted by atomic mass is 9.76. The molecule has 0 bridgehead atoms. The molecule has 0 saturated carbocycles. The van der Waals surface area contributed by atoms with Crippen molar-refractivity contribution in [2.24, 2.45) is 10.7 Å². The van der Waals surface area contributed by atoms with Gasteiger partial charge in [0, 0.05) is 17.7 Å². The third-order valence-corrected chi connectivity index (χ3v) is 5.37. The van der Waals surface area contributed by atoms with Crippen LogP contribution in [0, 0.1) is 5.82 Å². The Balaban J connectivity index is 1.96. The molecule has 1 amide bonds. The second-order valence-corrected chi connectivity index (χ2v) is 7.38. The third-order valence-electron chi connectivity index (χ3n) is 5.37. The molecule has 0 unspecified atom stereocenters. The van der Waals surface area contributed by atoms with E-state index in [1.807, 2.05) is 0 Å². The second-order valence-electron chi connectivity index (χ2n) is 7.38. The fourth-order valence-corrected chi connectivity index (χ4v) is 3.50. The first-order valence-electron chi connectivity index (χ1n) is 9.43. The maximum atomic E-state index is 15.1. The first-order chi connectivity index (χ1) is 14.1. The summed E-state index contributed by atoms with van der Waals surface area (Å²) in [6.07, 6.45) is -0.895. The van der Waals surface area contributed by atoms with Gasteiger partial charge in [0.1, 0.15) is 34.8 Å². The number of alkyl halides is 2. The number of nitrogens with zero attached hydrogens (tertiary/aromatic N) is 2. The summed E-state index contributed by atoms with van der Waals surface area (Å²) in [5.74, 6) is -1.16. The highest BCUT2D eigenvalue weighted by atomic mass is 19.2. The van der Waals surface area contributed by atoms with Crippen molar-refractivity contribution in [1.82, 2.24) is 4.98 Å². The Morgan fingerprint density at radius 1 is 1.37 bits per heavy atom. The number of amides is 1. The number of benzene rings is 1. The molecule has 0 saturated heterocycles. The molecule has 0 radical (unpaired) electrons. The van der Waals surface area contributed by atoms with Crippen LogP contribution in [0.5, 0.6) is 5.75 Å². The van der Waals surface area contributed by atoms with Crippen LogP contribution in [0.4, 0.5) is 18.9 Å². The number of anilines is 1. The second kappa shape index (κ2) is 7.97. The number of carbonyl (C=O) groups excluding carboxylic acids is 1. The van der Waals surface area contributed by atoms with Gasteiger partial charge >= 0.3 is 0 Å². The molecule has 160 valence electrons. The van der Waals surface area contributed by atoms with Gasteiger partial charge in [-0.05, 0) is 43.7 Å². The Bertz CT molecular complexity index is 979. The Kier molecular flexibility index (Phi) is 5.74. The minimum Gasteiger partial charge on any atom is -0.495 e. The normalized spacial score (nSPS) is 26.1. The van der Waals surface area contributed by atoms with Crippen molar-refractivity contribution in [3.63, 3.8) is 0 Å². The van der Waals surface area contributed by atoms with E-state index >= 15 is 4.39 Å². The smallest absolute Gasteiger partial charge is 0.274 e. The molecule has 3 rings (SSSR count). The maximum Gasteiger partial charge on any atom is 0.274 e. The SMILES string of the molecule is CC[C@]1(c2cc(NC(=O)c3ccc(OC)cn3)ccc2F)N=C(N)[C@@](C)(F)C[C@@H]1F. The van der Waals surface area contributed by atoms with Crippen molar-refractivity contribution >= 4 is 17.4 Å². The van der Waals surface area contributed by atoms with Crippen LogP contribution in [0.1, 0.15) is 42.7 Å². The van der Waals surface area contributed by atoms with Gasteiger partial charge in [-0.15, -0.1) is 0 Å². The zero-order valence-corrected chi connectivity index (χ0v) is 16.9. The number of aliphatic imine (C=N–C) groups is 1. The molecular formula is C21H23F3N4O2. The van der Waals surface area contributed by atoms with Gasteiger partial charge in [0.2, 0.25) is 0 Å². The molecule has 9 heteroatoms. The lowest BCUT2D eigenvalue weighted by molar-refractivity contribution is 0.0950. The largest absolute Gasteiger partial charge is 0.495 e. The number of rotatable bonds is 5. The molecule has 2 aromatic rings. The Hall–Kier alpha value is -3.10.